The van der Waals surface area contributed by atoms with Gasteiger partial charge in [-0.3, -0.25) is 9.59 Å². The van der Waals surface area contributed by atoms with Gasteiger partial charge in [-0.25, -0.2) is 10.2 Å². The van der Waals surface area contributed by atoms with E-state index in [0.717, 1.165) is 5.56 Å². The highest BCUT2D eigenvalue weighted by molar-refractivity contribution is 9.10. The first-order valence-electron chi connectivity index (χ1n) is 9.72. The number of hydrazone groups is 1. The topological polar surface area (TPSA) is 106 Å². The van der Waals surface area contributed by atoms with Gasteiger partial charge >= 0.3 is 17.8 Å². The molecule has 2 amide bonds. The van der Waals surface area contributed by atoms with Crippen molar-refractivity contribution in [2.75, 3.05) is 12.4 Å². The van der Waals surface area contributed by atoms with Crippen LogP contribution in [0, 0.1) is 6.92 Å². The van der Waals surface area contributed by atoms with Crippen LogP contribution in [0.4, 0.5) is 5.69 Å². The molecule has 0 aromatic heterocycles. The van der Waals surface area contributed by atoms with Crippen molar-refractivity contribution in [1.82, 2.24) is 5.43 Å². The Bertz CT molecular complexity index is 1210. The molecule has 0 unspecified atom stereocenters. The third kappa shape index (κ3) is 6.75. The molecule has 0 atom stereocenters. The second kappa shape index (κ2) is 11.1. The Morgan fingerprint density at radius 1 is 0.970 bits per heavy atom. The number of nitrogens with one attached hydrogen (secondary N) is 2. The molecule has 0 spiro atoms. The molecule has 3 aromatic rings. The molecule has 0 fully saturated rings. The fourth-order valence-corrected chi connectivity index (χ4v) is 3.04. The van der Waals surface area contributed by atoms with E-state index in [4.69, 9.17) is 9.47 Å². The first-order valence-corrected chi connectivity index (χ1v) is 10.5. The molecule has 168 valence electrons. The van der Waals surface area contributed by atoms with E-state index < -0.39 is 17.8 Å². The van der Waals surface area contributed by atoms with E-state index in [9.17, 15) is 14.4 Å². The summed E-state index contributed by atoms with van der Waals surface area (Å²) in [6.07, 6.45) is 1.28. The molecule has 0 aliphatic heterocycles. The summed E-state index contributed by atoms with van der Waals surface area (Å²) in [5.41, 5.74) is 4.38. The van der Waals surface area contributed by atoms with Gasteiger partial charge in [0.05, 0.1) is 18.9 Å². The van der Waals surface area contributed by atoms with E-state index >= 15 is 0 Å². The minimum absolute atomic E-state index is 0.239. The van der Waals surface area contributed by atoms with Crippen LogP contribution in [-0.4, -0.2) is 31.1 Å². The lowest BCUT2D eigenvalue weighted by molar-refractivity contribution is -0.136. The van der Waals surface area contributed by atoms with E-state index in [1.54, 1.807) is 54.6 Å². The number of amides is 2. The van der Waals surface area contributed by atoms with Gasteiger partial charge in [0.15, 0.2) is 0 Å². The first kappa shape index (κ1) is 23.7. The number of methoxy groups -OCH3 is 1. The second-order valence-corrected chi connectivity index (χ2v) is 7.74. The Morgan fingerprint density at radius 3 is 2.45 bits per heavy atom. The summed E-state index contributed by atoms with van der Waals surface area (Å²) < 4.78 is 11.3. The van der Waals surface area contributed by atoms with Crippen molar-refractivity contribution in [3.05, 3.63) is 87.9 Å². The molecular formula is C24H20BrN3O5. The molecule has 2 N–H and O–H groups in total. The number of hydrogen-bond acceptors (Lipinski definition) is 6. The fourth-order valence-electron chi connectivity index (χ4n) is 2.66. The number of halogens is 1. The second-order valence-electron chi connectivity index (χ2n) is 6.82. The third-order valence-electron chi connectivity index (χ3n) is 4.37. The van der Waals surface area contributed by atoms with Gasteiger partial charge in [0.1, 0.15) is 11.5 Å². The van der Waals surface area contributed by atoms with Crippen molar-refractivity contribution < 1.29 is 23.9 Å². The standard InChI is InChI=1S/C24H20BrN3O5/c1-15-6-8-16(9-7-15)24(31)33-21-11-10-18(25)12-17(21)14-26-28-23(30)22(29)27-19-4-3-5-20(13-19)32-2/h3-14H,1-2H3,(H,27,29)(H,28,30)/b26-14+. The van der Waals surface area contributed by atoms with Gasteiger partial charge in [0.2, 0.25) is 0 Å². The van der Waals surface area contributed by atoms with E-state index in [2.05, 4.69) is 31.8 Å². The molecule has 3 aromatic carbocycles. The number of esters is 1. The molecule has 0 heterocycles. The van der Waals surface area contributed by atoms with Crippen LogP contribution in [0.15, 0.2) is 76.3 Å². The maximum absolute atomic E-state index is 12.4. The van der Waals surface area contributed by atoms with Gasteiger partial charge in [-0.05, 0) is 49.4 Å². The quantitative estimate of drug-likeness (QED) is 0.171. The SMILES string of the molecule is COc1cccc(NC(=O)C(=O)N/N=C/c2cc(Br)ccc2OC(=O)c2ccc(C)cc2)c1. The summed E-state index contributed by atoms with van der Waals surface area (Å²) >= 11 is 3.34. The zero-order chi connectivity index (χ0) is 23.8. The molecule has 0 bridgehead atoms. The molecule has 3 rings (SSSR count). The molecule has 0 saturated heterocycles. The Balaban J connectivity index is 1.65. The minimum Gasteiger partial charge on any atom is -0.497 e. The minimum atomic E-state index is -0.970. The molecule has 0 radical (unpaired) electrons. The van der Waals surface area contributed by atoms with Crippen LogP contribution in [0.3, 0.4) is 0 Å². The predicted molar refractivity (Wildman–Crippen MR) is 128 cm³/mol. The van der Waals surface area contributed by atoms with Crippen molar-refractivity contribution in [1.29, 1.82) is 0 Å². The van der Waals surface area contributed by atoms with Crippen LogP contribution >= 0.6 is 15.9 Å². The molecule has 8 nitrogen and oxygen atoms in total. The number of rotatable bonds is 6. The smallest absolute Gasteiger partial charge is 0.343 e. The van der Waals surface area contributed by atoms with E-state index in [-0.39, 0.29) is 5.75 Å². The number of anilines is 1. The highest BCUT2D eigenvalue weighted by atomic mass is 79.9. The predicted octanol–water partition coefficient (Wildman–Crippen LogP) is 4.07. The largest absolute Gasteiger partial charge is 0.497 e. The third-order valence-corrected chi connectivity index (χ3v) is 4.86. The van der Waals surface area contributed by atoms with Crippen molar-refractivity contribution in [2.45, 2.75) is 6.92 Å². The fraction of sp³-hybridized carbons (Fsp3) is 0.0833. The van der Waals surface area contributed by atoms with Gasteiger partial charge in [0, 0.05) is 21.8 Å². The summed E-state index contributed by atoms with van der Waals surface area (Å²) in [6, 6.07) is 18.5. The van der Waals surface area contributed by atoms with Gasteiger partial charge in [0.25, 0.3) is 0 Å². The number of nitrogens with zero attached hydrogens (tertiary/aromatic N) is 1. The van der Waals surface area contributed by atoms with Crippen LogP contribution in [-0.2, 0) is 9.59 Å². The van der Waals surface area contributed by atoms with Gasteiger partial charge < -0.3 is 14.8 Å². The summed E-state index contributed by atoms with van der Waals surface area (Å²) in [5.74, 6) is -1.63. The Labute approximate surface area is 198 Å². The van der Waals surface area contributed by atoms with E-state index in [0.29, 0.717) is 27.0 Å². The Kier molecular flexibility index (Phi) is 7.93. The van der Waals surface area contributed by atoms with Crippen molar-refractivity contribution in [2.24, 2.45) is 5.10 Å². The Hall–Kier alpha value is -3.98. The van der Waals surface area contributed by atoms with Crippen LogP contribution < -0.4 is 20.2 Å². The lowest BCUT2D eigenvalue weighted by Crippen LogP contribution is -2.32. The van der Waals surface area contributed by atoms with Crippen LogP contribution in [0.5, 0.6) is 11.5 Å². The lowest BCUT2D eigenvalue weighted by Gasteiger charge is -2.08. The molecule has 0 saturated carbocycles. The normalized spacial score (nSPS) is 10.5. The van der Waals surface area contributed by atoms with Gasteiger partial charge in [-0.15, -0.1) is 0 Å². The summed E-state index contributed by atoms with van der Waals surface area (Å²) in [4.78, 5) is 36.6. The Morgan fingerprint density at radius 2 is 1.73 bits per heavy atom. The van der Waals surface area contributed by atoms with Crippen LogP contribution in [0.1, 0.15) is 21.5 Å². The monoisotopic (exact) mass is 509 g/mol. The van der Waals surface area contributed by atoms with Crippen molar-refractivity contribution >= 4 is 45.6 Å². The number of carbonyl (C=O) groups excluding carboxylic acids is 3. The van der Waals surface area contributed by atoms with E-state index in [1.165, 1.54) is 13.3 Å². The maximum Gasteiger partial charge on any atom is 0.343 e. The number of benzene rings is 3. The number of ether oxygens (including phenoxy) is 2. The highest BCUT2D eigenvalue weighted by Gasteiger charge is 2.14. The summed E-state index contributed by atoms with van der Waals surface area (Å²) in [6.45, 7) is 1.92. The van der Waals surface area contributed by atoms with Gasteiger partial charge in [-0.1, -0.05) is 39.7 Å². The number of carbonyl (C=O) groups is 3. The molecule has 0 aliphatic carbocycles. The van der Waals surface area contributed by atoms with E-state index in [1.807, 2.05) is 19.1 Å². The van der Waals surface area contributed by atoms with Gasteiger partial charge in [-0.2, -0.15) is 5.10 Å². The zero-order valence-corrected chi connectivity index (χ0v) is 19.4. The molecule has 9 heteroatoms. The maximum atomic E-state index is 12.4. The van der Waals surface area contributed by atoms with Crippen LogP contribution in [0.25, 0.3) is 0 Å². The van der Waals surface area contributed by atoms with Crippen molar-refractivity contribution in [3.8, 4) is 11.5 Å². The number of hydrogen-bond donors (Lipinski definition) is 2. The van der Waals surface area contributed by atoms with Crippen LogP contribution in [0.2, 0.25) is 0 Å². The van der Waals surface area contributed by atoms with Crippen molar-refractivity contribution in [3.63, 3.8) is 0 Å². The highest BCUT2D eigenvalue weighted by Crippen LogP contribution is 2.23. The zero-order valence-electron chi connectivity index (χ0n) is 17.8. The first-order chi connectivity index (χ1) is 15.9. The average Bonchev–Trinajstić information content (AvgIpc) is 2.81. The molecule has 0 aliphatic rings. The average molecular weight is 510 g/mol. The molecular weight excluding hydrogens is 490 g/mol. The number of aryl methyl sites for hydroxylation is 1. The summed E-state index contributed by atoms with van der Waals surface area (Å²) in [5, 5.41) is 6.26. The summed E-state index contributed by atoms with van der Waals surface area (Å²) in [7, 11) is 1.50. The lowest BCUT2D eigenvalue weighted by atomic mass is 10.1. The molecule has 33 heavy (non-hydrogen) atoms.